The third-order valence-electron chi connectivity index (χ3n) is 5.15. The third kappa shape index (κ3) is 2.96. The Morgan fingerprint density at radius 3 is 2.70 bits per heavy atom. The maximum atomic E-state index is 15.4. The van der Waals surface area contributed by atoms with Crippen LogP contribution in [0.25, 0.3) is 10.9 Å². The van der Waals surface area contributed by atoms with Crippen molar-refractivity contribution in [1.82, 2.24) is 9.88 Å². The zero-order chi connectivity index (χ0) is 19.3. The average Bonchev–Trinajstić information content (AvgIpc) is 3.47. The number of fused-ring (bicyclic) bond motifs is 1. The van der Waals surface area contributed by atoms with Gasteiger partial charge in [-0.2, -0.15) is 0 Å². The van der Waals surface area contributed by atoms with Gasteiger partial charge in [-0.1, -0.05) is 0 Å². The number of benzene rings is 1. The molecule has 0 bridgehead atoms. The standard InChI is InChI=1S/C18H19F2N3O4/c19-13-5-11-15(14(20)16(13)22-4-3-21-9(6-22)8-24)23(10-1-2-10)7-12(17(11)25)18(26)27/h5,7,9-10,21,24H,1-4,6,8H2,(H,26,27). The van der Waals surface area contributed by atoms with Crippen LogP contribution in [-0.4, -0.2) is 53.0 Å². The first-order chi connectivity index (χ1) is 12.9. The van der Waals surface area contributed by atoms with Gasteiger partial charge in [0.1, 0.15) is 17.1 Å². The summed E-state index contributed by atoms with van der Waals surface area (Å²) in [5.41, 5.74) is -1.71. The van der Waals surface area contributed by atoms with Crippen LogP contribution in [0.2, 0.25) is 0 Å². The van der Waals surface area contributed by atoms with E-state index in [0.717, 1.165) is 25.1 Å². The quantitative estimate of drug-likeness (QED) is 0.736. The number of anilines is 1. The number of nitrogens with zero attached hydrogens (tertiary/aromatic N) is 2. The van der Waals surface area contributed by atoms with Crippen LogP contribution in [0, 0.1) is 11.6 Å². The molecule has 1 aliphatic heterocycles. The number of carboxylic acids is 1. The molecule has 4 rings (SSSR count). The predicted molar refractivity (Wildman–Crippen MR) is 94.4 cm³/mol. The van der Waals surface area contributed by atoms with Gasteiger partial charge in [-0.3, -0.25) is 4.79 Å². The van der Waals surface area contributed by atoms with E-state index in [1.807, 2.05) is 0 Å². The molecule has 9 heteroatoms. The molecule has 1 saturated heterocycles. The summed E-state index contributed by atoms with van der Waals surface area (Å²) in [5.74, 6) is -3.21. The minimum Gasteiger partial charge on any atom is -0.477 e. The maximum Gasteiger partial charge on any atom is 0.341 e. The zero-order valence-corrected chi connectivity index (χ0v) is 14.4. The molecule has 0 radical (unpaired) electrons. The number of rotatable bonds is 4. The Morgan fingerprint density at radius 1 is 1.33 bits per heavy atom. The van der Waals surface area contributed by atoms with Crippen molar-refractivity contribution in [2.24, 2.45) is 0 Å². The molecule has 1 atom stereocenters. The molecule has 144 valence electrons. The van der Waals surface area contributed by atoms with Crippen LogP contribution in [0.3, 0.4) is 0 Å². The van der Waals surface area contributed by atoms with E-state index in [2.05, 4.69) is 5.32 Å². The number of hydrogen-bond acceptors (Lipinski definition) is 5. The summed E-state index contributed by atoms with van der Waals surface area (Å²) in [5, 5.41) is 21.4. The van der Waals surface area contributed by atoms with Crippen LogP contribution in [0.1, 0.15) is 29.2 Å². The number of aromatic carboxylic acids is 1. The lowest BCUT2D eigenvalue weighted by Crippen LogP contribution is -2.52. The van der Waals surface area contributed by atoms with Crippen LogP contribution in [0.4, 0.5) is 14.5 Å². The number of pyridine rings is 1. The van der Waals surface area contributed by atoms with Crippen molar-refractivity contribution >= 4 is 22.6 Å². The highest BCUT2D eigenvalue weighted by Crippen LogP contribution is 2.39. The van der Waals surface area contributed by atoms with Gasteiger partial charge in [0.05, 0.1) is 17.5 Å². The van der Waals surface area contributed by atoms with Gasteiger partial charge >= 0.3 is 5.97 Å². The molecule has 2 aromatic rings. The number of carbonyl (C=O) groups is 1. The second-order valence-electron chi connectivity index (χ2n) is 7.01. The van der Waals surface area contributed by atoms with E-state index < -0.39 is 28.6 Å². The van der Waals surface area contributed by atoms with Crippen LogP contribution in [-0.2, 0) is 0 Å². The fourth-order valence-electron chi connectivity index (χ4n) is 3.67. The number of aromatic nitrogens is 1. The molecule has 2 heterocycles. The maximum absolute atomic E-state index is 15.4. The molecule has 2 aliphatic rings. The van der Waals surface area contributed by atoms with Gasteiger partial charge in [0.25, 0.3) is 0 Å². The molecule has 1 aromatic carbocycles. The Kier molecular flexibility index (Phi) is 4.35. The summed E-state index contributed by atoms with van der Waals surface area (Å²) >= 11 is 0. The molecule has 7 nitrogen and oxygen atoms in total. The van der Waals surface area contributed by atoms with E-state index in [4.69, 9.17) is 0 Å². The second-order valence-corrected chi connectivity index (χ2v) is 7.01. The van der Waals surface area contributed by atoms with Gasteiger partial charge in [-0.15, -0.1) is 0 Å². The van der Waals surface area contributed by atoms with Gasteiger partial charge in [0.15, 0.2) is 5.82 Å². The molecule has 2 fully saturated rings. The summed E-state index contributed by atoms with van der Waals surface area (Å²) < 4.78 is 31.7. The molecular weight excluding hydrogens is 360 g/mol. The molecular formula is C18H19F2N3O4. The van der Waals surface area contributed by atoms with Crippen molar-refractivity contribution in [2.45, 2.75) is 24.9 Å². The van der Waals surface area contributed by atoms with Gasteiger partial charge < -0.3 is 25.0 Å². The Bertz CT molecular complexity index is 987. The van der Waals surface area contributed by atoms with Gasteiger partial charge in [0.2, 0.25) is 5.43 Å². The number of nitrogens with one attached hydrogen (secondary N) is 1. The molecule has 27 heavy (non-hydrogen) atoms. The fourth-order valence-corrected chi connectivity index (χ4v) is 3.67. The summed E-state index contributed by atoms with van der Waals surface area (Å²) in [7, 11) is 0. The van der Waals surface area contributed by atoms with Gasteiger partial charge in [-0.25, -0.2) is 13.6 Å². The predicted octanol–water partition coefficient (Wildman–Crippen LogP) is 1.08. The number of aliphatic hydroxyl groups excluding tert-OH is 1. The van der Waals surface area contributed by atoms with Crippen LogP contribution < -0.4 is 15.6 Å². The molecule has 0 spiro atoms. The average molecular weight is 379 g/mol. The lowest BCUT2D eigenvalue weighted by Gasteiger charge is -2.35. The molecule has 0 amide bonds. The van der Waals surface area contributed by atoms with Crippen molar-refractivity contribution in [2.75, 3.05) is 31.1 Å². The molecule has 1 saturated carbocycles. The fraction of sp³-hybridized carbons (Fsp3) is 0.444. The molecule has 3 N–H and O–H groups in total. The minimum absolute atomic E-state index is 0.0667. The third-order valence-corrected chi connectivity index (χ3v) is 5.15. The Hall–Kier alpha value is -2.52. The van der Waals surface area contributed by atoms with Crippen molar-refractivity contribution < 1.29 is 23.8 Å². The first-order valence-electron chi connectivity index (χ1n) is 8.81. The highest BCUT2D eigenvalue weighted by Gasteiger charge is 2.32. The minimum atomic E-state index is -1.42. The molecule has 1 unspecified atom stereocenters. The highest BCUT2D eigenvalue weighted by molar-refractivity contribution is 5.94. The van der Waals surface area contributed by atoms with Crippen molar-refractivity contribution in [3.8, 4) is 0 Å². The second kappa shape index (κ2) is 6.58. The Morgan fingerprint density at radius 2 is 2.07 bits per heavy atom. The number of halogens is 2. The van der Waals surface area contributed by atoms with Gasteiger partial charge in [0, 0.05) is 37.9 Å². The van der Waals surface area contributed by atoms with E-state index in [1.165, 1.54) is 9.47 Å². The van der Waals surface area contributed by atoms with E-state index in [-0.39, 0.29) is 41.8 Å². The Balaban J connectivity index is 1.95. The van der Waals surface area contributed by atoms with E-state index in [1.54, 1.807) is 0 Å². The lowest BCUT2D eigenvalue weighted by molar-refractivity contribution is 0.0694. The number of aliphatic hydroxyl groups is 1. The Labute approximate surface area is 152 Å². The highest BCUT2D eigenvalue weighted by atomic mass is 19.1. The van der Waals surface area contributed by atoms with E-state index in [0.29, 0.717) is 13.1 Å². The normalized spacial score (nSPS) is 20.3. The van der Waals surface area contributed by atoms with E-state index in [9.17, 15) is 24.2 Å². The van der Waals surface area contributed by atoms with E-state index >= 15 is 4.39 Å². The summed E-state index contributed by atoms with van der Waals surface area (Å²) in [6.45, 7) is 0.852. The number of hydrogen-bond donors (Lipinski definition) is 3. The van der Waals surface area contributed by atoms with Crippen LogP contribution in [0.15, 0.2) is 17.1 Å². The molecule has 1 aromatic heterocycles. The summed E-state index contributed by atoms with van der Waals surface area (Å²) in [4.78, 5) is 25.4. The lowest BCUT2D eigenvalue weighted by atomic mass is 10.1. The first kappa shape index (κ1) is 17.9. The zero-order valence-electron chi connectivity index (χ0n) is 14.4. The number of carboxylic acid groups (broad SMARTS) is 1. The largest absolute Gasteiger partial charge is 0.477 e. The SMILES string of the molecule is O=C(O)c1cn(C2CC2)c2c(F)c(N3CCNC(CO)C3)c(F)cc2c1=O. The molecule has 1 aliphatic carbocycles. The first-order valence-corrected chi connectivity index (χ1v) is 8.81. The van der Waals surface area contributed by atoms with Crippen molar-refractivity contribution in [3.05, 3.63) is 39.7 Å². The summed E-state index contributed by atoms with van der Waals surface area (Å²) in [6.07, 6.45) is 2.64. The van der Waals surface area contributed by atoms with Crippen LogP contribution in [0.5, 0.6) is 0 Å². The summed E-state index contributed by atoms with van der Waals surface area (Å²) in [6, 6.07) is 0.512. The smallest absolute Gasteiger partial charge is 0.341 e. The van der Waals surface area contributed by atoms with Gasteiger partial charge in [-0.05, 0) is 18.9 Å². The number of piperazine rings is 1. The van der Waals surface area contributed by atoms with Crippen molar-refractivity contribution in [1.29, 1.82) is 0 Å². The topological polar surface area (TPSA) is 94.8 Å². The monoisotopic (exact) mass is 379 g/mol. The van der Waals surface area contributed by atoms with Crippen LogP contribution >= 0.6 is 0 Å². The van der Waals surface area contributed by atoms with Crippen molar-refractivity contribution in [3.63, 3.8) is 0 Å².